The fourth-order valence-electron chi connectivity index (χ4n) is 2.59. The molecule has 2 aromatic rings. The Kier molecular flexibility index (Phi) is 2.24. The number of hydrogen-bond acceptors (Lipinski definition) is 4. The molecule has 2 N–H and O–H groups in total. The first kappa shape index (κ1) is 11.0. The van der Waals surface area contributed by atoms with Crippen molar-refractivity contribution >= 4 is 16.9 Å². The van der Waals surface area contributed by atoms with E-state index < -0.39 is 18.1 Å². The summed E-state index contributed by atoms with van der Waals surface area (Å²) in [7, 11) is 1.29. The van der Waals surface area contributed by atoms with Gasteiger partial charge in [0.25, 0.3) is 5.56 Å². The highest BCUT2D eigenvalue weighted by atomic mass is 16.5. The number of hydrogen-bond donors (Lipinski definition) is 1. The van der Waals surface area contributed by atoms with Crippen LogP contribution in [-0.4, -0.2) is 17.6 Å². The molecule has 1 aliphatic heterocycles. The molecule has 1 aromatic carbocycles. The van der Waals surface area contributed by atoms with Crippen molar-refractivity contribution in [1.29, 1.82) is 0 Å². The summed E-state index contributed by atoms with van der Waals surface area (Å²) in [5.74, 6) is -0.492. The van der Waals surface area contributed by atoms with Gasteiger partial charge in [0.05, 0.1) is 18.7 Å². The number of benzene rings is 1. The van der Waals surface area contributed by atoms with E-state index in [1.54, 1.807) is 6.07 Å². The molecule has 1 aliphatic rings. The van der Waals surface area contributed by atoms with Gasteiger partial charge in [-0.2, -0.15) is 0 Å². The Bertz CT molecular complexity index is 705. The molecule has 0 aliphatic carbocycles. The fraction of sp³-hybridized carbons (Fsp3) is 0.231. The number of ether oxygens (including phenoxy) is 1. The van der Waals surface area contributed by atoms with Crippen molar-refractivity contribution < 1.29 is 9.53 Å². The maximum Gasteiger partial charge on any atom is 0.330 e. The Morgan fingerprint density at radius 1 is 1.33 bits per heavy atom. The molecule has 0 unspecified atom stereocenters. The van der Waals surface area contributed by atoms with Crippen molar-refractivity contribution in [2.75, 3.05) is 7.11 Å². The average Bonchev–Trinajstić information content (AvgIpc) is 2.69. The molecule has 92 valence electrons. The molecule has 0 bridgehead atoms. The zero-order valence-electron chi connectivity index (χ0n) is 9.79. The lowest BCUT2D eigenvalue weighted by molar-refractivity contribution is -0.145. The van der Waals surface area contributed by atoms with E-state index in [0.717, 1.165) is 16.5 Å². The Morgan fingerprint density at radius 2 is 2.11 bits per heavy atom. The lowest BCUT2D eigenvalue weighted by atomic mass is 10.0. The van der Waals surface area contributed by atoms with Gasteiger partial charge in [0.2, 0.25) is 0 Å². The molecule has 1 aromatic heterocycles. The summed E-state index contributed by atoms with van der Waals surface area (Å²) < 4.78 is 6.17. The summed E-state index contributed by atoms with van der Waals surface area (Å²) in [5, 5.41) is 0.897. The van der Waals surface area contributed by atoms with Crippen LogP contribution in [0.3, 0.4) is 0 Å². The Labute approximate surface area is 103 Å². The number of aromatic nitrogens is 1. The molecule has 2 atom stereocenters. The second kappa shape index (κ2) is 3.68. The summed E-state index contributed by atoms with van der Waals surface area (Å²) >= 11 is 0. The van der Waals surface area contributed by atoms with E-state index in [4.69, 9.17) is 10.5 Å². The zero-order valence-corrected chi connectivity index (χ0v) is 9.79. The SMILES string of the molecule is COC(=O)[C@H]1[C@H](N)c2cccc3ccc(=O)n1c23. The number of para-hydroxylation sites is 1. The standard InChI is InChI=1S/C13H12N2O3/c1-18-13(17)12-10(14)8-4-2-3-7-5-6-9(16)15(12)11(7)8/h2-6,10,12H,14H2,1H3/t10-,12-/m1/s1. The molecule has 2 heterocycles. The normalized spacial score (nSPS) is 21.2. The number of nitrogens with zero attached hydrogens (tertiary/aromatic N) is 1. The predicted octanol–water partition coefficient (Wildman–Crippen LogP) is 0.729. The topological polar surface area (TPSA) is 74.3 Å². The van der Waals surface area contributed by atoms with Crippen LogP contribution in [0.4, 0.5) is 0 Å². The van der Waals surface area contributed by atoms with Gasteiger partial charge in [-0.1, -0.05) is 18.2 Å². The molecular formula is C13H12N2O3. The predicted molar refractivity (Wildman–Crippen MR) is 66.2 cm³/mol. The molecule has 5 nitrogen and oxygen atoms in total. The summed E-state index contributed by atoms with van der Waals surface area (Å²) in [5.41, 5.74) is 7.37. The van der Waals surface area contributed by atoms with E-state index in [2.05, 4.69) is 0 Å². The van der Waals surface area contributed by atoms with Crippen LogP contribution in [0.1, 0.15) is 17.6 Å². The monoisotopic (exact) mass is 244 g/mol. The van der Waals surface area contributed by atoms with Crippen molar-refractivity contribution in [2.24, 2.45) is 5.73 Å². The third kappa shape index (κ3) is 1.25. The lowest BCUT2D eigenvalue weighted by Gasteiger charge is -2.15. The first-order valence-corrected chi connectivity index (χ1v) is 5.62. The summed E-state index contributed by atoms with van der Waals surface area (Å²) in [6.45, 7) is 0. The van der Waals surface area contributed by atoms with Crippen LogP contribution in [0, 0.1) is 0 Å². The van der Waals surface area contributed by atoms with Gasteiger partial charge < -0.3 is 10.5 Å². The van der Waals surface area contributed by atoms with E-state index in [0.29, 0.717) is 0 Å². The van der Waals surface area contributed by atoms with E-state index in [1.165, 1.54) is 17.7 Å². The average molecular weight is 244 g/mol. The molecule has 18 heavy (non-hydrogen) atoms. The van der Waals surface area contributed by atoms with Crippen molar-refractivity contribution in [3.05, 3.63) is 46.2 Å². The van der Waals surface area contributed by atoms with Gasteiger partial charge in [-0.25, -0.2) is 4.79 Å². The van der Waals surface area contributed by atoms with Crippen molar-refractivity contribution in [1.82, 2.24) is 4.57 Å². The third-order valence-electron chi connectivity index (χ3n) is 3.40. The minimum Gasteiger partial charge on any atom is -0.467 e. The van der Waals surface area contributed by atoms with Gasteiger partial charge in [0, 0.05) is 6.07 Å². The molecule has 0 fully saturated rings. The Hall–Kier alpha value is -2.14. The maximum atomic E-state index is 12.0. The second-order valence-corrected chi connectivity index (χ2v) is 4.32. The van der Waals surface area contributed by atoms with Gasteiger partial charge in [0.1, 0.15) is 0 Å². The molecule has 0 radical (unpaired) electrons. The number of esters is 1. The number of pyridine rings is 1. The van der Waals surface area contributed by atoms with Gasteiger partial charge in [-0.05, 0) is 17.0 Å². The highest BCUT2D eigenvalue weighted by Gasteiger charge is 2.38. The molecule has 0 saturated heterocycles. The highest BCUT2D eigenvalue weighted by Crippen LogP contribution is 2.37. The lowest BCUT2D eigenvalue weighted by Crippen LogP contribution is -2.32. The Balaban J connectivity index is 2.40. The van der Waals surface area contributed by atoms with E-state index in [-0.39, 0.29) is 5.56 Å². The van der Waals surface area contributed by atoms with Gasteiger partial charge in [0.15, 0.2) is 6.04 Å². The molecule has 0 spiro atoms. The fourth-order valence-corrected chi connectivity index (χ4v) is 2.59. The highest BCUT2D eigenvalue weighted by molar-refractivity contribution is 5.89. The van der Waals surface area contributed by atoms with Gasteiger partial charge in [-0.15, -0.1) is 0 Å². The van der Waals surface area contributed by atoms with Crippen molar-refractivity contribution in [3.63, 3.8) is 0 Å². The largest absolute Gasteiger partial charge is 0.467 e. The molecule has 0 saturated carbocycles. The Morgan fingerprint density at radius 3 is 2.83 bits per heavy atom. The van der Waals surface area contributed by atoms with Crippen LogP contribution in [0.5, 0.6) is 0 Å². The van der Waals surface area contributed by atoms with Crippen LogP contribution in [0.15, 0.2) is 35.1 Å². The minimum absolute atomic E-state index is 0.238. The van der Waals surface area contributed by atoms with Crippen LogP contribution in [-0.2, 0) is 9.53 Å². The summed E-state index contributed by atoms with van der Waals surface area (Å²) in [6, 6.07) is 7.46. The maximum absolute atomic E-state index is 12.0. The van der Waals surface area contributed by atoms with Crippen LogP contribution >= 0.6 is 0 Å². The molecular weight excluding hydrogens is 232 g/mol. The quantitative estimate of drug-likeness (QED) is 0.750. The molecule has 0 amide bonds. The van der Waals surface area contributed by atoms with Crippen LogP contribution in [0.2, 0.25) is 0 Å². The van der Waals surface area contributed by atoms with E-state index in [1.807, 2.05) is 18.2 Å². The van der Waals surface area contributed by atoms with Crippen LogP contribution in [0.25, 0.3) is 10.9 Å². The van der Waals surface area contributed by atoms with E-state index >= 15 is 0 Å². The number of rotatable bonds is 1. The minimum atomic E-state index is -0.774. The first-order valence-electron chi connectivity index (χ1n) is 5.62. The van der Waals surface area contributed by atoms with Crippen LogP contribution < -0.4 is 11.3 Å². The number of nitrogens with two attached hydrogens (primary N) is 1. The zero-order chi connectivity index (χ0) is 12.9. The second-order valence-electron chi connectivity index (χ2n) is 4.32. The van der Waals surface area contributed by atoms with Crippen molar-refractivity contribution in [2.45, 2.75) is 12.1 Å². The van der Waals surface area contributed by atoms with E-state index in [9.17, 15) is 9.59 Å². The number of methoxy groups -OCH3 is 1. The summed E-state index contributed by atoms with van der Waals surface area (Å²) in [4.78, 5) is 23.8. The number of carbonyl (C=O) groups excluding carboxylic acids is 1. The summed E-state index contributed by atoms with van der Waals surface area (Å²) in [6.07, 6.45) is 0. The third-order valence-corrected chi connectivity index (χ3v) is 3.40. The first-order chi connectivity index (χ1) is 8.65. The van der Waals surface area contributed by atoms with Gasteiger partial charge >= 0.3 is 5.97 Å². The van der Waals surface area contributed by atoms with Gasteiger partial charge in [-0.3, -0.25) is 9.36 Å². The molecule has 5 heteroatoms. The number of carbonyl (C=O) groups is 1. The van der Waals surface area contributed by atoms with Crippen molar-refractivity contribution in [3.8, 4) is 0 Å². The molecule has 3 rings (SSSR count). The smallest absolute Gasteiger partial charge is 0.330 e.